The van der Waals surface area contributed by atoms with Gasteiger partial charge in [-0.05, 0) is 61.2 Å². The zero-order valence-corrected chi connectivity index (χ0v) is 15.5. The van der Waals surface area contributed by atoms with Gasteiger partial charge in [0.2, 0.25) is 11.8 Å². The predicted molar refractivity (Wildman–Crippen MR) is 101 cm³/mol. The highest BCUT2D eigenvalue weighted by Gasteiger charge is 2.27. The second kappa shape index (κ2) is 8.00. The van der Waals surface area contributed by atoms with Gasteiger partial charge < -0.3 is 9.73 Å². The molecule has 7 heteroatoms. The molecular weight excluding hydrogens is 365 g/mol. The summed E-state index contributed by atoms with van der Waals surface area (Å²) in [6.45, 7) is 0.603. The first-order chi connectivity index (χ1) is 13.2. The number of rotatable bonds is 5. The van der Waals surface area contributed by atoms with E-state index in [1.807, 2.05) is 16.8 Å². The molecule has 5 nitrogen and oxygen atoms in total. The van der Waals surface area contributed by atoms with E-state index < -0.39 is 5.82 Å². The van der Waals surface area contributed by atoms with Crippen LogP contribution in [0.1, 0.15) is 47.8 Å². The second-order valence-electron chi connectivity index (χ2n) is 6.90. The zero-order chi connectivity index (χ0) is 18.6. The molecule has 0 atom stereocenters. The van der Waals surface area contributed by atoms with Crippen molar-refractivity contribution in [2.75, 3.05) is 6.54 Å². The third-order valence-corrected chi connectivity index (χ3v) is 5.73. The van der Waals surface area contributed by atoms with Crippen LogP contribution in [0.15, 0.2) is 45.5 Å². The standard InChI is InChI=1S/C20H20FN3O2S/c21-17-3-1-2-15(10-17)18(25)22-11-13-4-6-14(7-5-13)19-23-24-20(26-19)16-8-9-27-12-16/h1-3,8-10,12-14H,4-7,11H2,(H,22,25). The molecule has 0 saturated heterocycles. The number of carbonyl (C=O) groups excluding carboxylic acids is 1. The molecule has 1 saturated carbocycles. The number of benzene rings is 1. The van der Waals surface area contributed by atoms with Crippen LogP contribution in [0.25, 0.3) is 11.5 Å². The Labute approximate surface area is 160 Å². The Balaban J connectivity index is 1.27. The molecule has 0 unspecified atom stereocenters. The average Bonchev–Trinajstić information content (AvgIpc) is 3.38. The van der Waals surface area contributed by atoms with E-state index in [1.54, 1.807) is 23.5 Å². The van der Waals surface area contributed by atoms with E-state index in [-0.39, 0.29) is 11.8 Å². The summed E-state index contributed by atoms with van der Waals surface area (Å²) < 4.78 is 19.1. The van der Waals surface area contributed by atoms with Crippen molar-refractivity contribution >= 4 is 17.2 Å². The molecule has 27 heavy (non-hydrogen) atoms. The number of thiophene rings is 1. The lowest BCUT2D eigenvalue weighted by Gasteiger charge is -2.26. The number of nitrogens with zero attached hydrogens (tertiary/aromatic N) is 2. The van der Waals surface area contributed by atoms with Gasteiger partial charge in [-0.15, -0.1) is 10.2 Å². The lowest BCUT2D eigenvalue weighted by molar-refractivity contribution is 0.0942. The maximum atomic E-state index is 13.2. The molecule has 0 spiro atoms. The molecule has 1 N–H and O–H groups in total. The number of aromatic nitrogens is 2. The SMILES string of the molecule is O=C(NCC1CCC(c2nnc(-c3ccsc3)o2)CC1)c1cccc(F)c1. The van der Waals surface area contributed by atoms with E-state index in [0.717, 1.165) is 31.2 Å². The summed E-state index contributed by atoms with van der Waals surface area (Å²) >= 11 is 1.60. The summed E-state index contributed by atoms with van der Waals surface area (Å²) in [5.41, 5.74) is 1.32. The Morgan fingerprint density at radius 2 is 2.07 bits per heavy atom. The van der Waals surface area contributed by atoms with Crippen molar-refractivity contribution in [1.29, 1.82) is 0 Å². The second-order valence-corrected chi connectivity index (χ2v) is 7.68. The Hall–Kier alpha value is -2.54. The highest BCUT2D eigenvalue weighted by atomic mass is 32.1. The number of carbonyl (C=O) groups is 1. The van der Waals surface area contributed by atoms with Gasteiger partial charge in [0.1, 0.15) is 5.82 Å². The summed E-state index contributed by atoms with van der Waals surface area (Å²) in [4.78, 5) is 12.1. The molecule has 3 aromatic rings. The van der Waals surface area contributed by atoms with Crippen molar-refractivity contribution in [3.05, 3.63) is 58.4 Å². The first kappa shape index (κ1) is 17.9. The highest BCUT2D eigenvalue weighted by molar-refractivity contribution is 7.08. The van der Waals surface area contributed by atoms with Gasteiger partial charge in [-0.25, -0.2) is 4.39 Å². The maximum absolute atomic E-state index is 13.2. The molecule has 1 amide bonds. The van der Waals surface area contributed by atoms with Crippen LogP contribution < -0.4 is 5.32 Å². The topological polar surface area (TPSA) is 68.0 Å². The van der Waals surface area contributed by atoms with Gasteiger partial charge in [-0.2, -0.15) is 11.3 Å². The minimum atomic E-state index is -0.399. The smallest absolute Gasteiger partial charge is 0.251 e. The van der Waals surface area contributed by atoms with Crippen molar-refractivity contribution < 1.29 is 13.6 Å². The van der Waals surface area contributed by atoms with Crippen molar-refractivity contribution in [2.45, 2.75) is 31.6 Å². The van der Waals surface area contributed by atoms with Crippen LogP contribution in [0, 0.1) is 11.7 Å². The lowest BCUT2D eigenvalue weighted by Crippen LogP contribution is -2.31. The molecule has 4 rings (SSSR count). The van der Waals surface area contributed by atoms with Crippen LogP contribution >= 0.6 is 11.3 Å². The molecule has 0 radical (unpaired) electrons. The van der Waals surface area contributed by atoms with Gasteiger partial charge in [-0.1, -0.05) is 6.07 Å². The predicted octanol–water partition coefficient (Wildman–Crippen LogP) is 4.64. The van der Waals surface area contributed by atoms with E-state index in [2.05, 4.69) is 15.5 Å². The van der Waals surface area contributed by atoms with Gasteiger partial charge in [0, 0.05) is 29.0 Å². The fraction of sp³-hybridized carbons (Fsp3) is 0.350. The highest BCUT2D eigenvalue weighted by Crippen LogP contribution is 2.36. The largest absolute Gasteiger partial charge is 0.420 e. The van der Waals surface area contributed by atoms with Gasteiger partial charge >= 0.3 is 0 Å². The third-order valence-electron chi connectivity index (χ3n) is 5.04. The quantitative estimate of drug-likeness (QED) is 0.695. The van der Waals surface area contributed by atoms with Gasteiger partial charge in [0.05, 0.1) is 0 Å². The average molecular weight is 385 g/mol. The lowest BCUT2D eigenvalue weighted by atomic mass is 9.82. The fourth-order valence-electron chi connectivity index (χ4n) is 3.48. The van der Waals surface area contributed by atoms with Crippen molar-refractivity contribution in [2.24, 2.45) is 5.92 Å². The molecule has 1 aromatic carbocycles. The summed E-state index contributed by atoms with van der Waals surface area (Å²) in [5.74, 6) is 1.35. The Morgan fingerprint density at radius 1 is 1.22 bits per heavy atom. The molecular formula is C20H20FN3O2S. The van der Waals surface area contributed by atoms with E-state index >= 15 is 0 Å². The maximum Gasteiger partial charge on any atom is 0.251 e. The normalized spacial score (nSPS) is 19.7. The van der Waals surface area contributed by atoms with Crippen LogP contribution in [-0.4, -0.2) is 22.6 Å². The van der Waals surface area contributed by atoms with Crippen LogP contribution in [-0.2, 0) is 0 Å². The van der Waals surface area contributed by atoms with Crippen LogP contribution in [0.5, 0.6) is 0 Å². The summed E-state index contributed by atoms with van der Waals surface area (Å²) in [6, 6.07) is 7.73. The number of halogens is 1. The number of hydrogen-bond donors (Lipinski definition) is 1. The molecule has 140 valence electrons. The molecule has 0 bridgehead atoms. The van der Waals surface area contributed by atoms with Crippen LogP contribution in [0.2, 0.25) is 0 Å². The van der Waals surface area contributed by atoms with Crippen LogP contribution in [0.3, 0.4) is 0 Å². The minimum Gasteiger partial charge on any atom is -0.420 e. The minimum absolute atomic E-state index is 0.228. The molecule has 1 aliphatic rings. The molecule has 1 fully saturated rings. The van der Waals surface area contributed by atoms with Crippen molar-refractivity contribution in [3.63, 3.8) is 0 Å². The Morgan fingerprint density at radius 3 is 2.81 bits per heavy atom. The monoisotopic (exact) mass is 385 g/mol. The van der Waals surface area contributed by atoms with Crippen LogP contribution in [0.4, 0.5) is 4.39 Å². The van der Waals surface area contributed by atoms with Gasteiger partial charge in [0.15, 0.2) is 0 Å². The Bertz CT molecular complexity index is 902. The number of hydrogen-bond acceptors (Lipinski definition) is 5. The molecule has 2 heterocycles. The summed E-state index contributed by atoms with van der Waals surface area (Å²) in [7, 11) is 0. The zero-order valence-electron chi connectivity index (χ0n) is 14.7. The van der Waals surface area contributed by atoms with Gasteiger partial charge in [0.25, 0.3) is 5.91 Å². The Kier molecular flexibility index (Phi) is 5.29. The summed E-state index contributed by atoms with van der Waals surface area (Å²) in [6.07, 6.45) is 3.91. The molecule has 0 aliphatic heterocycles. The van der Waals surface area contributed by atoms with Gasteiger partial charge in [-0.3, -0.25) is 4.79 Å². The van der Waals surface area contributed by atoms with E-state index in [9.17, 15) is 9.18 Å². The summed E-state index contributed by atoms with van der Waals surface area (Å²) in [5, 5.41) is 15.3. The number of amides is 1. The van der Waals surface area contributed by atoms with Crippen molar-refractivity contribution in [3.8, 4) is 11.5 Å². The first-order valence-corrected chi connectivity index (χ1v) is 10.0. The van der Waals surface area contributed by atoms with Crippen molar-refractivity contribution in [1.82, 2.24) is 15.5 Å². The van der Waals surface area contributed by atoms with E-state index in [1.165, 1.54) is 12.1 Å². The third kappa shape index (κ3) is 4.24. The molecule has 2 aromatic heterocycles. The molecule has 1 aliphatic carbocycles. The number of nitrogens with one attached hydrogen (secondary N) is 1. The van der Waals surface area contributed by atoms with E-state index in [0.29, 0.717) is 29.8 Å². The first-order valence-electron chi connectivity index (χ1n) is 9.09. The fourth-order valence-corrected chi connectivity index (χ4v) is 4.11. The van der Waals surface area contributed by atoms with E-state index in [4.69, 9.17) is 4.42 Å².